The van der Waals surface area contributed by atoms with Gasteiger partial charge >= 0.3 is 5.79 Å². The van der Waals surface area contributed by atoms with Crippen LogP contribution in [-0.4, -0.2) is 103 Å². The van der Waals surface area contributed by atoms with Gasteiger partial charge in [0.15, 0.2) is 12.0 Å². The molecule has 2 aromatic carbocycles. The van der Waals surface area contributed by atoms with Gasteiger partial charge in [0.05, 0.1) is 41.6 Å². The third-order valence-electron chi connectivity index (χ3n) is 11.5. The fraction of sp³-hybridized carbons (Fsp3) is 0.525. The van der Waals surface area contributed by atoms with Crippen LogP contribution < -0.4 is 9.64 Å². The number of methoxy groups -OCH3 is 1. The molecule has 10 unspecified atom stereocenters. The lowest BCUT2D eigenvalue weighted by Gasteiger charge is -2.36. The Hall–Kier alpha value is -4.43. The topological polar surface area (TPSA) is 189 Å². The number of aromatic hydroxyl groups is 3. The zero-order chi connectivity index (χ0) is 39.4. The van der Waals surface area contributed by atoms with Gasteiger partial charge in [-0.2, -0.15) is 0 Å². The molecule has 4 aliphatic heterocycles. The molecule has 288 valence electrons. The second kappa shape index (κ2) is 14.8. The Labute approximate surface area is 309 Å². The van der Waals surface area contributed by atoms with E-state index in [0.717, 1.165) is 0 Å². The van der Waals surface area contributed by atoms with Crippen LogP contribution in [0, 0.1) is 30.6 Å². The lowest BCUT2D eigenvalue weighted by Crippen LogP contribution is -2.49. The summed E-state index contributed by atoms with van der Waals surface area (Å²) >= 11 is 0. The summed E-state index contributed by atoms with van der Waals surface area (Å²) in [7, 11) is 1.44. The van der Waals surface area contributed by atoms with Crippen LogP contribution in [0.25, 0.3) is 10.8 Å². The first-order valence-electron chi connectivity index (χ1n) is 18.1. The molecular formula is C40H53N2O11+. The van der Waals surface area contributed by atoms with E-state index in [9.17, 15) is 40.2 Å². The largest absolute Gasteiger partial charge is 0.507 e. The molecule has 0 spiro atoms. The number of aliphatic hydroxyl groups is 3. The van der Waals surface area contributed by atoms with Gasteiger partial charge < -0.3 is 44.8 Å². The number of Topliss-reactive ketones (excluding diaryl/α,β-unsaturated/α-hetero) is 1. The molecule has 0 saturated heterocycles. The summed E-state index contributed by atoms with van der Waals surface area (Å²) in [6.07, 6.45) is 4.67. The van der Waals surface area contributed by atoms with Crippen LogP contribution in [0.1, 0.15) is 76.9 Å². The summed E-state index contributed by atoms with van der Waals surface area (Å²) in [5.74, 6) is -7.03. The average molecular weight is 738 g/mol. The Morgan fingerprint density at radius 3 is 2.13 bits per heavy atom. The number of nitrogens with zero attached hydrogens (tertiary/aromatic N) is 2. The second-order valence-corrected chi connectivity index (χ2v) is 14.8. The van der Waals surface area contributed by atoms with Crippen molar-refractivity contribution in [2.24, 2.45) is 23.7 Å². The number of aliphatic hydroxyl groups excluding tert-OH is 3. The number of allylic oxidation sites excluding steroid dienone is 2. The molecule has 13 nitrogen and oxygen atoms in total. The normalized spacial score (nSPS) is 34.7. The van der Waals surface area contributed by atoms with E-state index in [0.29, 0.717) is 6.54 Å². The van der Waals surface area contributed by atoms with Crippen LogP contribution in [0.5, 0.6) is 23.0 Å². The fourth-order valence-electron chi connectivity index (χ4n) is 7.79. The van der Waals surface area contributed by atoms with E-state index in [1.54, 1.807) is 70.6 Å². The molecule has 0 fully saturated rings. The number of fused-ring (bicyclic) bond motifs is 12. The van der Waals surface area contributed by atoms with E-state index in [4.69, 9.17) is 14.2 Å². The van der Waals surface area contributed by atoms with Crippen LogP contribution in [0.4, 0.5) is 5.69 Å². The molecule has 1 amide bonds. The van der Waals surface area contributed by atoms with Crippen molar-refractivity contribution < 1.29 is 59.0 Å². The van der Waals surface area contributed by atoms with Crippen LogP contribution in [0.15, 0.2) is 36.1 Å². The number of ether oxygens (including phenoxy) is 3. The summed E-state index contributed by atoms with van der Waals surface area (Å²) in [6, 6.07) is 0. The maximum atomic E-state index is 14.3. The van der Waals surface area contributed by atoms with Gasteiger partial charge in [-0.1, -0.05) is 45.9 Å². The monoisotopic (exact) mass is 737 g/mol. The number of amides is 1. The summed E-state index contributed by atoms with van der Waals surface area (Å²) in [6.45, 7) is 15.4. The van der Waals surface area contributed by atoms with Gasteiger partial charge in [0.1, 0.15) is 35.0 Å². The molecule has 0 aromatic heterocycles. The number of phenols is 3. The number of hydrogen-bond acceptors (Lipinski definition) is 11. The molecule has 13 heteroatoms. The highest BCUT2D eigenvalue weighted by atomic mass is 16.7. The molecule has 2 aromatic rings. The van der Waals surface area contributed by atoms with Gasteiger partial charge in [0.2, 0.25) is 6.17 Å². The van der Waals surface area contributed by atoms with E-state index < -0.39 is 89.0 Å². The number of hydrogen-bond donors (Lipinski definition) is 6. The molecule has 53 heavy (non-hydrogen) atoms. The number of anilines is 1. The zero-order valence-corrected chi connectivity index (χ0v) is 32.0. The number of carbonyl (C=O) groups is 2. The lowest BCUT2D eigenvalue weighted by atomic mass is 9.78. The van der Waals surface area contributed by atoms with Crippen molar-refractivity contribution in [3.63, 3.8) is 0 Å². The van der Waals surface area contributed by atoms with Crippen molar-refractivity contribution in [2.75, 3.05) is 18.6 Å². The predicted molar refractivity (Wildman–Crippen MR) is 199 cm³/mol. The van der Waals surface area contributed by atoms with Gasteiger partial charge in [-0.15, -0.1) is 0 Å². The number of phenolic OH excluding ortho intramolecular Hbond substituents is 3. The molecule has 0 aliphatic carbocycles. The number of benzene rings is 2. The third-order valence-corrected chi connectivity index (χ3v) is 11.5. The molecule has 4 heterocycles. The Bertz CT molecular complexity index is 1930. The van der Waals surface area contributed by atoms with Crippen LogP contribution in [0.3, 0.4) is 0 Å². The Kier molecular flexibility index (Phi) is 11.1. The van der Waals surface area contributed by atoms with E-state index in [1.807, 2.05) is 6.92 Å². The fourth-order valence-corrected chi connectivity index (χ4v) is 7.79. The van der Waals surface area contributed by atoms with E-state index in [-0.39, 0.29) is 44.5 Å². The first kappa shape index (κ1) is 39.8. The highest BCUT2D eigenvalue weighted by Crippen LogP contribution is 2.56. The highest BCUT2D eigenvalue weighted by Gasteiger charge is 2.51. The van der Waals surface area contributed by atoms with Crippen molar-refractivity contribution in [2.45, 2.75) is 98.7 Å². The SMILES string of the molecule is CC[N+]1=Cc2c3c(O)c4c(O)c(C)c5c(c4c2O)C(=O)C(C)(O/C=C\C(OC)C(C)C(O)C(C)C(O)C(C)C(O)C(C)/C=C/C=C(\C)C(=O)N3C1C)O5. The molecule has 6 N–H and O–H groups in total. The van der Waals surface area contributed by atoms with Crippen LogP contribution in [-0.2, 0) is 14.3 Å². The van der Waals surface area contributed by atoms with Crippen molar-refractivity contribution >= 4 is 34.4 Å². The van der Waals surface area contributed by atoms with Crippen molar-refractivity contribution in [1.82, 2.24) is 0 Å². The first-order valence-corrected chi connectivity index (χ1v) is 18.1. The average Bonchev–Trinajstić information content (AvgIpc) is 3.40. The molecule has 7 bridgehead atoms. The molecule has 0 saturated carbocycles. The number of rotatable bonds is 2. The minimum absolute atomic E-state index is 0.0472. The lowest BCUT2D eigenvalue weighted by molar-refractivity contribution is -0.553. The standard InChI is InChI=1S/C40H52N2O11/c1-11-41-17-25-30-36(48)28-27(35(25)47)29-37(23(7)34(28)46)53-40(9,38(29)49)52-16-15-26(51-10)20(4)32(44)22(6)33(45)21(5)31(43)18(2)13-12-14-19(3)39(50)42(30)24(41)8/h12-18,20-22,24,26,31-33,43-45H,11H2,1-10H3,(H2,46,48,49)/p+1/b13-12+,16-15-,19-14+. The second-order valence-electron chi connectivity index (χ2n) is 14.8. The van der Waals surface area contributed by atoms with Gasteiger partial charge in [0, 0.05) is 61.2 Å². The molecule has 4 aliphatic rings. The summed E-state index contributed by atoms with van der Waals surface area (Å²) in [5, 5.41) is 68.9. The maximum Gasteiger partial charge on any atom is 0.312 e. The van der Waals surface area contributed by atoms with Crippen molar-refractivity contribution in [1.29, 1.82) is 0 Å². The maximum absolute atomic E-state index is 14.3. The Morgan fingerprint density at radius 2 is 1.51 bits per heavy atom. The minimum Gasteiger partial charge on any atom is -0.507 e. The molecule has 10 atom stereocenters. The van der Waals surface area contributed by atoms with E-state index in [2.05, 4.69) is 0 Å². The molecule has 6 rings (SSSR count). The summed E-state index contributed by atoms with van der Waals surface area (Å²) in [4.78, 5) is 29.8. The van der Waals surface area contributed by atoms with Crippen molar-refractivity contribution in [3.05, 3.63) is 52.8 Å². The zero-order valence-electron chi connectivity index (χ0n) is 32.0. The van der Waals surface area contributed by atoms with Crippen LogP contribution >= 0.6 is 0 Å². The van der Waals surface area contributed by atoms with Gasteiger partial charge in [-0.3, -0.25) is 9.59 Å². The first-order chi connectivity index (χ1) is 24.8. The number of carbonyl (C=O) groups excluding carboxylic acids is 2. The van der Waals surface area contributed by atoms with Gasteiger partial charge in [-0.25, -0.2) is 9.48 Å². The smallest absolute Gasteiger partial charge is 0.312 e. The predicted octanol–water partition coefficient (Wildman–Crippen LogP) is 4.39. The van der Waals surface area contributed by atoms with Gasteiger partial charge in [-0.05, 0) is 26.8 Å². The van der Waals surface area contributed by atoms with E-state index >= 15 is 0 Å². The third kappa shape index (κ3) is 6.47. The number of ketones is 1. The molecular weight excluding hydrogens is 684 g/mol. The van der Waals surface area contributed by atoms with Crippen LogP contribution in [0.2, 0.25) is 0 Å². The van der Waals surface area contributed by atoms with Crippen molar-refractivity contribution in [3.8, 4) is 23.0 Å². The van der Waals surface area contributed by atoms with Gasteiger partial charge in [0.25, 0.3) is 11.7 Å². The molecule has 0 radical (unpaired) electrons. The summed E-state index contributed by atoms with van der Waals surface area (Å²) < 4.78 is 19.4. The quantitative estimate of drug-likeness (QED) is 0.190. The Morgan fingerprint density at radius 1 is 0.887 bits per heavy atom. The minimum atomic E-state index is -1.98. The van der Waals surface area contributed by atoms with E-state index in [1.165, 1.54) is 38.2 Å². The highest BCUT2D eigenvalue weighted by molar-refractivity contribution is 6.24. The Balaban J connectivity index is 1.75. The summed E-state index contributed by atoms with van der Waals surface area (Å²) in [5.41, 5.74) is 0.254.